The van der Waals surface area contributed by atoms with E-state index >= 15 is 0 Å². The lowest BCUT2D eigenvalue weighted by atomic mass is 9.75. The van der Waals surface area contributed by atoms with Gasteiger partial charge in [-0.05, 0) is 41.3 Å². The molecule has 33 heavy (non-hydrogen) atoms. The molecule has 0 bridgehead atoms. The number of aromatic nitrogens is 2. The van der Waals surface area contributed by atoms with Crippen LogP contribution < -0.4 is 5.32 Å². The Morgan fingerprint density at radius 3 is 2.58 bits per heavy atom. The number of hydrogen-bond acceptors (Lipinski definition) is 4. The van der Waals surface area contributed by atoms with Crippen molar-refractivity contribution >= 4 is 16.9 Å². The van der Waals surface area contributed by atoms with Crippen LogP contribution in [0, 0.1) is 5.41 Å². The molecule has 0 saturated carbocycles. The molecule has 170 valence electrons. The number of carboxylic acid groups (broad SMARTS) is 1. The van der Waals surface area contributed by atoms with Crippen LogP contribution in [0.2, 0.25) is 0 Å². The highest BCUT2D eigenvalue weighted by Crippen LogP contribution is 2.40. The van der Waals surface area contributed by atoms with Crippen LogP contribution in [-0.2, 0) is 6.42 Å². The molecule has 0 aliphatic heterocycles. The second-order valence-corrected chi connectivity index (χ2v) is 9.54. The van der Waals surface area contributed by atoms with Crippen LogP contribution in [0.3, 0.4) is 0 Å². The zero-order valence-electron chi connectivity index (χ0n) is 19.2. The van der Waals surface area contributed by atoms with Crippen LogP contribution in [-0.4, -0.2) is 27.4 Å². The Balaban J connectivity index is 1.61. The van der Waals surface area contributed by atoms with Crippen LogP contribution in [0.25, 0.3) is 22.0 Å². The van der Waals surface area contributed by atoms with E-state index in [-0.39, 0.29) is 17.4 Å². The number of fused-ring (bicyclic) bond motifs is 1. The summed E-state index contributed by atoms with van der Waals surface area (Å²) < 4.78 is 5.84. The summed E-state index contributed by atoms with van der Waals surface area (Å²) in [7, 11) is 0. The van der Waals surface area contributed by atoms with Crippen molar-refractivity contribution in [1.29, 1.82) is 0 Å². The fraction of sp³-hybridized carbons (Fsp3) is 0.296. The van der Waals surface area contributed by atoms with Gasteiger partial charge in [0.1, 0.15) is 11.5 Å². The van der Waals surface area contributed by atoms with Gasteiger partial charge in [-0.3, -0.25) is 4.98 Å². The Hall–Kier alpha value is -3.67. The standard InChI is InChI=1S/C27H29N3O3/c1-27(2,3)23(15-22(29-26(31)32)13-18-7-5-4-6-8-18)25-16-24(30-33-25)20-9-10-21-17-28-12-11-19(21)14-20/h4-12,14,16-17,22-23,29H,13,15H2,1-3H3,(H,31,32). The first kappa shape index (κ1) is 22.5. The molecule has 2 heterocycles. The van der Waals surface area contributed by atoms with Gasteiger partial charge in [0.2, 0.25) is 0 Å². The van der Waals surface area contributed by atoms with Gasteiger partial charge < -0.3 is 14.9 Å². The summed E-state index contributed by atoms with van der Waals surface area (Å²) in [6, 6.07) is 19.8. The van der Waals surface area contributed by atoms with Crippen LogP contribution in [0.5, 0.6) is 0 Å². The lowest BCUT2D eigenvalue weighted by Crippen LogP contribution is -2.38. The van der Waals surface area contributed by atoms with E-state index < -0.39 is 6.09 Å². The zero-order valence-corrected chi connectivity index (χ0v) is 19.2. The third-order valence-corrected chi connectivity index (χ3v) is 6.03. The molecule has 0 spiro atoms. The third kappa shape index (κ3) is 5.58. The first-order valence-electron chi connectivity index (χ1n) is 11.1. The predicted octanol–water partition coefficient (Wildman–Crippen LogP) is 6.29. The molecule has 0 radical (unpaired) electrons. The quantitative estimate of drug-likeness (QED) is 0.350. The van der Waals surface area contributed by atoms with Crippen LogP contribution in [0.4, 0.5) is 4.79 Å². The number of amides is 1. The minimum atomic E-state index is -1.02. The fourth-order valence-corrected chi connectivity index (χ4v) is 4.28. The Bertz CT molecular complexity index is 1230. The maximum absolute atomic E-state index is 11.5. The lowest BCUT2D eigenvalue weighted by Gasteiger charge is -2.32. The summed E-state index contributed by atoms with van der Waals surface area (Å²) in [5.41, 5.74) is 2.68. The molecule has 2 aromatic carbocycles. The molecular formula is C27H29N3O3. The van der Waals surface area contributed by atoms with Crippen LogP contribution in [0.1, 0.15) is 44.4 Å². The van der Waals surface area contributed by atoms with Crippen LogP contribution in [0.15, 0.2) is 77.6 Å². The Morgan fingerprint density at radius 1 is 1.06 bits per heavy atom. The molecule has 2 N–H and O–H groups in total. The zero-order chi connectivity index (χ0) is 23.4. The van der Waals surface area contributed by atoms with Gasteiger partial charge in [-0.1, -0.05) is 68.4 Å². The van der Waals surface area contributed by atoms with Crippen molar-refractivity contribution in [1.82, 2.24) is 15.5 Å². The van der Waals surface area contributed by atoms with Gasteiger partial charge in [0.15, 0.2) is 0 Å². The van der Waals surface area contributed by atoms with Crippen molar-refractivity contribution in [2.45, 2.75) is 45.6 Å². The second kappa shape index (κ2) is 9.45. The van der Waals surface area contributed by atoms with E-state index in [4.69, 9.17) is 4.52 Å². The molecule has 6 nitrogen and oxygen atoms in total. The molecule has 4 aromatic rings. The van der Waals surface area contributed by atoms with Crippen molar-refractivity contribution in [3.63, 3.8) is 0 Å². The second-order valence-electron chi connectivity index (χ2n) is 9.54. The summed E-state index contributed by atoms with van der Waals surface area (Å²) in [5, 5.41) is 18.7. The highest BCUT2D eigenvalue weighted by Gasteiger charge is 2.33. The van der Waals surface area contributed by atoms with Crippen molar-refractivity contribution in [2.24, 2.45) is 5.41 Å². The topological polar surface area (TPSA) is 88.2 Å². The highest BCUT2D eigenvalue weighted by molar-refractivity contribution is 5.85. The summed E-state index contributed by atoms with van der Waals surface area (Å²) >= 11 is 0. The Kier molecular flexibility index (Phi) is 6.45. The smallest absolute Gasteiger partial charge is 0.404 e. The maximum Gasteiger partial charge on any atom is 0.404 e. The van der Waals surface area contributed by atoms with E-state index in [9.17, 15) is 9.90 Å². The normalized spacial score (nSPS) is 13.5. The van der Waals surface area contributed by atoms with E-state index in [0.717, 1.165) is 33.4 Å². The van der Waals surface area contributed by atoms with Gasteiger partial charge in [-0.2, -0.15) is 0 Å². The third-order valence-electron chi connectivity index (χ3n) is 6.03. The molecule has 2 unspecified atom stereocenters. The Labute approximate surface area is 193 Å². The van der Waals surface area contributed by atoms with Crippen molar-refractivity contribution in [3.8, 4) is 11.3 Å². The van der Waals surface area contributed by atoms with E-state index in [2.05, 4.69) is 42.3 Å². The summed E-state index contributed by atoms with van der Waals surface area (Å²) in [6.45, 7) is 6.43. The van der Waals surface area contributed by atoms with E-state index in [1.165, 1.54) is 0 Å². The predicted molar refractivity (Wildman–Crippen MR) is 129 cm³/mol. The molecule has 4 rings (SSSR count). The van der Waals surface area contributed by atoms with Gasteiger partial charge in [-0.15, -0.1) is 0 Å². The van der Waals surface area contributed by atoms with E-state index in [1.807, 2.05) is 60.8 Å². The molecule has 6 heteroatoms. The monoisotopic (exact) mass is 443 g/mol. The number of hydrogen-bond donors (Lipinski definition) is 2. The minimum absolute atomic E-state index is 0.0241. The fourth-order valence-electron chi connectivity index (χ4n) is 4.28. The van der Waals surface area contributed by atoms with Gasteiger partial charge >= 0.3 is 6.09 Å². The number of nitrogens with one attached hydrogen (secondary N) is 1. The summed E-state index contributed by atoms with van der Waals surface area (Å²) in [5.74, 6) is 0.738. The number of carbonyl (C=O) groups is 1. The van der Waals surface area contributed by atoms with Crippen molar-refractivity contribution < 1.29 is 14.4 Å². The first-order valence-corrected chi connectivity index (χ1v) is 11.1. The molecule has 0 saturated heterocycles. The van der Waals surface area contributed by atoms with Crippen LogP contribution >= 0.6 is 0 Å². The lowest BCUT2D eigenvalue weighted by molar-refractivity contribution is 0.181. The minimum Gasteiger partial charge on any atom is -0.465 e. The number of nitrogens with zero attached hydrogens (tertiary/aromatic N) is 2. The molecular weight excluding hydrogens is 414 g/mol. The van der Waals surface area contributed by atoms with Gasteiger partial charge in [0.25, 0.3) is 0 Å². The summed E-state index contributed by atoms with van der Waals surface area (Å²) in [6.07, 6.45) is 3.80. The van der Waals surface area contributed by atoms with Gasteiger partial charge in [0, 0.05) is 41.4 Å². The van der Waals surface area contributed by atoms with E-state index in [0.29, 0.717) is 12.8 Å². The number of pyridine rings is 1. The molecule has 0 aliphatic carbocycles. The number of benzene rings is 2. The average molecular weight is 444 g/mol. The number of rotatable bonds is 7. The highest BCUT2D eigenvalue weighted by atomic mass is 16.5. The molecule has 0 aliphatic rings. The Morgan fingerprint density at radius 2 is 1.85 bits per heavy atom. The first-order chi connectivity index (χ1) is 15.8. The molecule has 0 fully saturated rings. The van der Waals surface area contributed by atoms with Gasteiger partial charge in [0.05, 0.1) is 0 Å². The summed E-state index contributed by atoms with van der Waals surface area (Å²) in [4.78, 5) is 15.7. The molecule has 2 atom stereocenters. The molecule has 1 amide bonds. The van der Waals surface area contributed by atoms with Crippen molar-refractivity contribution in [2.75, 3.05) is 0 Å². The van der Waals surface area contributed by atoms with Gasteiger partial charge in [-0.25, -0.2) is 4.79 Å². The van der Waals surface area contributed by atoms with E-state index in [1.54, 1.807) is 6.20 Å². The van der Waals surface area contributed by atoms with Crippen molar-refractivity contribution in [3.05, 3.63) is 84.4 Å². The maximum atomic E-state index is 11.5. The average Bonchev–Trinajstić information content (AvgIpc) is 3.26. The largest absolute Gasteiger partial charge is 0.465 e. The SMILES string of the molecule is CC(C)(C)C(CC(Cc1ccccc1)NC(=O)O)c1cc(-c2ccc3cnccc3c2)no1. The molecule has 2 aromatic heterocycles.